The number of nitrogens with zero attached hydrogens (tertiary/aromatic N) is 3. The van der Waals surface area contributed by atoms with Crippen molar-refractivity contribution in [2.45, 2.75) is 57.4 Å². The second kappa shape index (κ2) is 5.69. The van der Waals surface area contributed by atoms with Crippen molar-refractivity contribution in [3.05, 3.63) is 11.3 Å². The van der Waals surface area contributed by atoms with Gasteiger partial charge in [0.1, 0.15) is 5.82 Å². The van der Waals surface area contributed by atoms with Crippen LogP contribution in [0.4, 0.5) is 11.8 Å². The number of nitrogen functional groups attached to an aromatic ring is 1. The van der Waals surface area contributed by atoms with Crippen LogP contribution in [0.1, 0.15) is 56.2 Å². The minimum absolute atomic E-state index is 0.465. The number of aromatic nitrogens is 2. The quantitative estimate of drug-likeness (QED) is 0.894. The molecule has 0 aromatic carbocycles. The van der Waals surface area contributed by atoms with Crippen molar-refractivity contribution in [3.63, 3.8) is 0 Å². The lowest BCUT2D eigenvalue weighted by molar-refractivity contribution is 0.270. The molecule has 2 heterocycles. The number of nitrogens with one attached hydrogen (secondary N) is 1. The molecule has 1 saturated heterocycles. The number of nitrogens with two attached hydrogens (primary N) is 1. The Bertz CT molecular complexity index is 552. The monoisotopic (exact) mass is 301 g/mol. The molecule has 0 amide bonds. The van der Waals surface area contributed by atoms with Crippen LogP contribution < -0.4 is 16.0 Å². The Hall–Kier alpha value is -1.36. The summed E-state index contributed by atoms with van der Waals surface area (Å²) in [5.74, 6) is 3.05. The van der Waals surface area contributed by atoms with Crippen molar-refractivity contribution in [2.24, 2.45) is 5.92 Å². The molecule has 0 unspecified atom stereocenters. The third kappa shape index (κ3) is 2.35. The zero-order valence-corrected chi connectivity index (χ0v) is 13.5. The van der Waals surface area contributed by atoms with Crippen molar-refractivity contribution in [3.8, 4) is 0 Å². The first kappa shape index (κ1) is 14.2. The van der Waals surface area contributed by atoms with Crippen LogP contribution in [0.25, 0.3) is 0 Å². The van der Waals surface area contributed by atoms with Gasteiger partial charge in [0.15, 0.2) is 0 Å². The van der Waals surface area contributed by atoms with Crippen LogP contribution in [0.5, 0.6) is 0 Å². The first-order chi connectivity index (χ1) is 10.8. The Balaban J connectivity index is 1.62. The highest BCUT2D eigenvalue weighted by molar-refractivity contribution is 5.56. The predicted molar refractivity (Wildman–Crippen MR) is 89.1 cm³/mol. The van der Waals surface area contributed by atoms with E-state index in [1.165, 1.54) is 43.4 Å². The molecule has 120 valence electrons. The average molecular weight is 301 g/mol. The second-order valence-corrected chi connectivity index (χ2v) is 7.12. The van der Waals surface area contributed by atoms with E-state index < -0.39 is 0 Å². The molecule has 1 aromatic heterocycles. The minimum atomic E-state index is 0.465. The fourth-order valence-corrected chi connectivity index (χ4v) is 4.63. The maximum Gasteiger partial charge on any atom is 0.222 e. The Morgan fingerprint density at radius 1 is 1.18 bits per heavy atom. The molecule has 0 spiro atoms. The van der Waals surface area contributed by atoms with E-state index in [9.17, 15) is 0 Å². The molecule has 5 nitrogen and oxygen atoms in total. The smallest absolute Gasteiger partial charge is 0.222 e. The molecule has 2 atom stereocenters. The number of fused-ring (bicyclic) bond motifs is 3. The lowest BCUT2D eigenvalue weighted by Crippen LogP contribution is -2.58. The molecule has 3 aliphatic rings. The highest BCUT2D eigenvalue weighted by atomic mass is 15.3. The van der Waals surface area contributed by atoms with Gasteiger partial charge in [-0.25, -0.2) is 4.98 Å². The normalized spacial score (nSPS) is 28.0. The highest BCUT2D eigenvalue weighted by Gasteiger charge is 2.37. The zero-order chi connectivity index (χ0) is 15.1. The van der Waals surface area contributed by atoms with Gasteiger partial charge in [0, 0.05) is 30.6 Å². The van der Waals surface area contributed by atoms with Gasteiger partial charge in [0.2, 0.25) is 5.95 Å². The molecular weight excluding hydrogens is 274 g/mol. The van der Waals surface area contributed by atoms with Crippen molar-refractivity contribution < 1.29 is 0 Å². The van der Waals surface area contributed by atoms with E-state index in [2.05, 4.69) is 27.1 Å². The van der Waals surface area contributed by atoms with Gasteiger partial charge in [0.05, 0.1) is 5.69 Å². The summed E-state index contributed by atoms with van der Waals surface area (Å²) >= 11 is 0. The highest BCUT2D eigenvalue weighted by Crippen LogP contribution is 2.46. The number of anilines is 2. The van der Waals surface area contributed by atoms with Gasteiger partial charge in [0.25, 0.3) is 0 Å². The van der Waals surface area contributed by atoms with Crippen LogP contribution in [0.2, 0.25) is 0 Å². The van der Waals surface area contributed by atoms with Gasteiger partial charge in [-0.05, 0) is 38.1 Å². The molecule has 1 saturated carbocycles. The van der Waals surface area contributed by atoms with Crippen LogP contribution in [0.3, 0.4) is 0 Å². The average Bonchev–Trinajstić information content (AvgIpc) is 2.49. The number of hydrogen-bond acceptors (Lipinski definition) is 5. The molecular formula is C17H27N5. The standard InChI is InChI=1S/C17H27N5/c1-2-19-12-9-22(10-12)16-14-8-7-11-5-3-4-6-13(11)15(14)20-17(18)21-16/h11-13,19H,2-10H2,1H3,(H2,18,20,21)/t11-,13-/m1/s1. The summed E-state index contributed by atoms with van der Waals surface area (Å²) in [4.78, 5) is 11.7. The van der Waals surface area contributed by atoms with Crippen molar-refractivity contribution >= 4 is 11.8 Å². The Morgan fingerprint density at radius 2 is 2.00 bits per heavy atom. The van der Waals surface area contributed by atoms with Crippen LogP contribution in [0.15, 0.2) is 0 Å². The summed E-state index contributed by atoms with van der Waals surface area (Å²) in [6, 6.07) is 0.600. The number of hydrogen-bond donors (Lipinski definition) is 2. The van der Waals surface area contributed by atoms with E-state index in [0.29, 0.717) is 17.9 Å². The third-order valence-corrected chi connectivity index (χ3v) is 5.73. The van der Waals surface area contributed by atoms with Crippen LogP contribution in [-0.4, -0.2) is 35.6 Å². The van der Waals surface area contributed by atoms with E-state index in [1.807, 2.05) is 0 Å². The van der Waals surface area contributed by atoms with Gasteiger partial charge in [-0.3, -0.25) is 0 Å². The summed E-state index contributed by atoms with van der Waals surface area (Å²) < 4.78 is 0. The Labute approximate surface area is 132 Å². The minimum Gasteiger partial charge on any atom is -0.368 e. The Kier molecular flexibility index (Phi) is 3.68. The first-order valence-electron chi connectivity index (χ1n) is 8.91. The summed E-state index contributed by atoms with van der Waals surface area (Å²) in [7, 11) is 0. The van der Waals surface area contributed by atoms with Crippen LogP contribution in [-0.2, 0) is 6.42 Å². The summed E-state index contributed by atoms with van der Waals surface area (Å²) in [6.45, 7) is 5.29. The molecule has 2 fully saturated rings. The third-order valence-electron chi connectivity index (χ3n) is 5.73. The summed E-state index contributed by atoms with van der Waals surface area (Å²) in [6.07, 6.45) is 7.83. The first-order valence-corrected chi connectivity index (χ1v) is 8.91. The molecule has 5 heteroatoms. The maximum atomic E-state index is 6.05. The topological polar surface area (TPSA) is 67.1 Å². The second-order valence-electron chi connectivity index (χ2n) is 7.12. The fraction of sp³-hybridized carbons (Fsp3) is 0.765. The molecule has 4 rings (SSSR count). The molecule has 1 aromatic rings. The van der Waals surface area contributed by atoms with E-state index in [4.69, 9.17) is 5.73 Å². The fourth-order valence-electron chi connectivity index (χ4n) is 4.63. The number of rotatable bonds is 3. The SMILES string of the molecule is CCNC1CN(c2nc(N)nc3c2CC[C@H]2CCCC[C@@H]32)C1. The lowest BCUT2D eigenvalue weighted by atomic mass is 9.70. The van der Waals surface area contributed by atoms with E-state index in [1.54, 1.807) is 0 Å². The zero-order valence-electron chi connectivity index (χ0n) is 13.5. The Morgan fingerprint density at radius 3 is 2.82 bits per heavy atom. The van der Waals surface area contributed by atoms with Crippen LogP contribution in [0, 0.1) is 5.92 Å². The number of likely N-dealkylation sites (N-methyl/N-ethyl adjacent to an activating group) is 1. The molecule has 2 aliphatic carbocycles. The molecule has 0 bridgehead atoms. The maximum absolute atomic E-state index is 6.05. The molecule has 0 radical (unpaired) electrons. The van der Waals surface area contributed by atoms with Gasteiger partial charge in [-0.2, -0.15) is 4.98 Å². The summed E-state index contributed by atoms with van der Waals surface area (Å²) in [5, 5.41) is 3.51. The van der Waals surface area contributed by atoms with Crippen molar-refractivity contribution in [1.29, 1.82) is 0 Å². The molecule has 1 aliphatic heterocycles. The van der Waals surface area contributed by atoms with Gasteiger partial charge in [-0.15, -0.1) is 0 Å². The largest absolute Gasteiger partial charge is 0.368 e. The molecule has 22 heavy (non-hydrogen) atoms. The van der Waals surface area contributed by atoms with E-state index in [0.717, 1.165) is 37.8 Å². The van der Waals surface area contributed by atoms with Gasteiger partial charge in [-0.1, -0.05) is 19.8 Å². The summed E-state index contributed by atoms with van der Waals surface area (Å²) in [5.41, 5.74) is 8.73. The van der Waals surface area contributed by atoms with Crippen molar-refractivity contribution in [2.75, 3.05) is 30.3 Å². The van der Waals surface area contributed by atoms with Crippen LogP contribution >= 0.6 is 0 Å². The van der Waals surface area contributed by atoms with E-state index >= 15 is 0 Å². The van der Waals surface area contributed by atoms with E-state index in [-0.39, 0.29) is 0 Å². The van der Waals surface area contributed by atoms with Gasteiger partial charge >= 0.3 is 0 Å². The predicted octanol–water partition coefficient (Wildman–Crippen LogP) is 2.08. The lowest BCUT2D eigenvalue weighted by Gasteiger charge is -2.43. The van der Waals surface area contributed by atoms with Gasteiger partial charge < -0.3 is 16.0 Å². The van der Waals surface area contributed by atoms with Crippen molar-refractivity contribution in [1.82, 2.24) is 15.3 Å². The molecule has 3 N–H and O–H groups in total.